The molecular formula is C23H17FN6O. The third-order valence-electron chi connectivity index (χ3n) is 4.89. The first-order chi connectivity index (χ1) is 15.2. The Morgan fingerprint density at radius 1 is 0.935 bits per heavy atom. The molecule has 3 heterocycles. The van der Waals surface area contributed by atoms with Gasteiger partial charge in [-0.3, -0.25) is 9.20 Å². The molecule has 0 unspecified atom stereocenters. The number of carbonyl (C=O) groups excluding carboxylic acids is 1. The normalized spacial score (nSPS) is 11.0. The molecule has 5 aromatic rings. The summed E-state index contributed by atoms with van der Waals surface area (Å²) in [7, 11) is 0. The number of rotatable bonds is 5. The summed E-state index contributed by atoms with van der Waals surface area (Å²) in [5.74, 6) is -0.0483. The molecule has 1 N–H and O–H groups in total. The van der Waals surface area contributed by atoms with Crippen LogP contribution in [0.1, 0.15) is 16.2 Å². The Hall–Kier alpha value is -4.33. The summed E-state index contributed by atoms with van der Waals surface area (Å²) in [6.07, 6.45) is 3.51. The molecule has 0 radical (unpaired) electrons. The molecule has 3 aromatic heterocycles. The van der Waals surface area contributed by atoms with Gasteiger partial charge in [-0.25, -0.2) is 9.07 Å². The van der Waals surface area contributed by atoms with Gasteiger partial charge in [-0.05, 0) is 48.5 Å². The summed E-state index contributed by atoms with van der Waals surface area (Å²) in [4.78, 5) is 13.1. The van der Waals surface area contributed by atoms with Gasteiger partial charge in [0.1, 0.15) is 11.5 Å². The Balaban J connectivity index is 1.48. The molecule has 0 saturated heterocycles. The van der Waals surface area contributed by atoms with Crippen molar-refractivity contribution in [1.29, 1.82) is 0 Å². The molecule has 0 saturated carbocycles. The van der Waals surface area contributed by atoms with Gasteiger partial charge in [0.2, 0.25) is 0 Å². The zero-order valence-electron chi connectivity index (χ0n) is 16.3. The second-order valence-corrected chi connectivity index (χ2v) is 6.91. The molecule has 0 bridgehead atoms. The van der Waals surface area contributed by atoms with Gasteiger partial charge in [0.25, 0.3) is 5.91 Å². The number of pyridine rings is 1. The van der Waals surface area contributed by atoms with Crippen molar-refractivity contribution in [2.24, 2.45) is 0 Å². The summed E-state index contributed by atoms with van der Waals surface area (Å²) in [6, 6.07) is 21.0. The van der Waals surface area contributed by atoms with E-state index in [1.54, 1.807) is 23.0 Å². The number of nitrogens with one attached hydrogen (secondary N) is 1. The summed E-state index contributed by atoms with van der Waals surface area (Å²) < 4.78 is 16.9. The fourth-order valence-corrected chi connectivity index (χ4v) is 3.34. The highest BCUT2D eigenvalue weighted by atomic mass is 19.1. The Morgan fingerprint density at radius 3 is 2.52 bits per heavy atom. The van der Waals surface area contributed by atoms with Gasteiger partial charge in [-0.1, -0.05) is 24.3 Å². The molecule has 152 valence electrons. The van der Waals surface area contributed by atoms with E-state index in [1.165, 1.54) is 12.1 Å². The summed E-state index contributed by atoms with van der Waals surface area (Å²) in [5.41, 5.74) is 3.01. The number of amides is 1. The molecule has 5 rings (SSSR count). The van der Waals surface area contributed by atoms with Gasteiger partial charge >= 0.3 is 0 Å². The lowest BCUT2D eigenvalue weighted by molar-refractivity contribution is 0.0950. The Kier molecular flexibility index (Phi) is 4.72. The lowest BCUT2D eigenvalue weighted by atomic mass is 10.1. The number of halogens is 1. The van der Waals surface area contributed by atoms with Crippen LogP contribution in [0.15, 0.2) is 85.2 Å². The first-order valence-corrected chi connectivity index (χ1v) is 9.67. The quantitative estimate of drug-likeness (QED) is 0.478. The monoisotopic (exact) mass is 412 g/mol. The average Bonchev–Trinajstić information content (AvgIpc) is 3.44. The van der Waals surface area contributed by atoms with Gasteiger partial charge in [0.05, 0.1) is 17.8 Å². The van der Waals surface area contributed by atoms with Crippen molar-refractivity contribution in [2.45, 2.75) is 6.54 Å². The lowest BCUT2D eigenvalue weighted by Gasteiger charge is -2.05. The van der Waals surface area contributed by atoms with Crippen LogP contribution in [0.5, 0.6) is 0 Å². The predicted molar refractivity (Wildman–Crippen MR) is 113 cm³/mol. The van der Waals surface area contributed by atoms with Gasteiger partial charge in [-0.15, -0.1) is 10.2 Å². The zero-order valence-corrected chi connectivity index (χ0v) is 16.3. The second-order valence-electron chi connectivity index (χ2n) is 6.91. The van der Waals surface area contributed by atoms with E-state index in [0.717, 1.165) is 5.69 Å². The number of hydrogen-bond donors (Lipinski definition) is 1. The third-order valence-corrected chi connectivity index (χ3v) is 4.89. The van der Waals surface area contributed by atoms with E-state index in [9.17, 15) is 9.18 Å². The minimum Gasteiger partial charge on any atom is -0.345 e. The van der Waals surface area contributed by atoms with Crippen molar-refractivity contribution in [3.05, 3.63) is 102 Å². The van der Waals surface area contributed by atoms with Crippen molar-refractivity contribution in [3.8, 4) is 16.9 Å². The van der Waals surface area contributed by atoms with Crippen molar-refractivity contribution in [2.75, 3.05) is 0 Å². The Labute approximate surface area is 176 Å². The van der Waals surface area contributed by atoms with Crippen molar-refractivity contribution in [3.63, 3.8) is 0 Å². The minimum atomic E-state index is -0.351. The van der Waals surface area contributed by atoms with E-state index in [-0.39, 0.29) is 18.3 Å². The summed E-state index contributed by atoms with van der Waals surface area (Å²) in [5, 5.41) is 15.7. The highest BCUT2D eigenvalue weighted by molar-refractivity contribution is 5.99. The van der Waals surface area contributed by atoms with E-state index in [1.807, 2.05) is 59.1 Å². The summed E-state index contributed by atoms with van der Waals surface area (Å²) in [6.45, 7) is 0.198. The molecule has 2 aromatic carbocycles. The maximum atomic E-state index is 13.4. The van der Waals surface area contributed by atoms with Crippen LogP contribution >= 0.6 is 0 Å². The van der Waals surface area contributed by atoms with E-state index in [4.69, 9.17) is 0 Å². The summed E-state index contributed by atoms with van der Waals surface area (Å²) >= 11 is 0. The molecule has 8 heteroatoms. The Bertz CT molecular complexity index is 1360. The zero-order chi connectivity index (χ0) is 21.2. The third kappa shape index (κ3) is 3.66. The molecule has 0 aliphatic heterocycles. The maximum Gasteiger partial charge on any atom is 0.255 e. The van der Waals surface area contributed by atoms with Crippen LogP contribution in [-0.4, -0.2) is 30.3 Å². The van der Waals surface area contributed by atoms with Crippen molar-refractivity contribution in [1.82, 2.24) is 29.7 Å². The molecule has 7 nitrogen and oxygen atoms in total. The lowest BCUT2D eigenvalue weighted by Crippen LogP contribution is -2.24. The highest BCUT2D eigenvalue weighted by Crippen LogP contribution is 2.24. The van der Waals surface area contributed by atoms with E-state index >= 15 is 0 Å². The Morgan fingerprint density at radius 2 is 1.71 bits per heavy atom. The van der Waals surface area contributed by atoms with Crippen molar-refractivity contribution >= 4 is 11.6 Å². The van der Waals surface area contributed by atoms with E-state index < -0.39 is 0 Å². The number of para-hydroxylation sites is 1. The number of benzene rings is 2. The van der Waals surface area contributed by atoms with Crippen LogP contribution < -0.4 is 5.32 Å². The molecule has 0 aliphatic rings. The molecular weight excluding hydrogens is 395 g/mol. The maximum absolute atomic E-state index is 13.4. The van der Waals surface area contributed by atoms with Crippen LogP contribution in [-0.2, 0) is 6.54 Å². The first-order valence-electron chi connectivity index (χ1n) is 9.67. The number of hydrogen-bond acceptors (Lipinski definition) is 4. The molecule has 0 spiro atoms. The highest BCUT2D eigenvalue weighted by Gasteiger charge is 2.19. The molecule has 0 fully saturated rings. The van der Waals surface area contributed by atoms with Gasteiger partial charge < -0.3 is 5.32 Å². The predicted octanol–water partition coefficient (Wildman–Crippen LogP) is 3.65. The number of carbonyl (C=O) groups is 1. The minimum absolute atomic E-state index is 0.198. The number of fused-ring (bicyclic) bond motifs is 1. The molecule has 31 heavy (non-hydrogen) atoms. The van der Waals surface area contributed by atoms with Gasteiger partial charge in [-0.2, -0.15) is 5.10 Å². The molecule has 1 amide bonds. The van der Waals surface area contributed by atoms with Crippen LogP contribution in [0, 0.1) is 5.82 Å². The molecule has 0 atom stereocenters. The fourth-order valence-electron chi connectivity index (χ4n) is 3.34. The smallest absolute Gasteiger partial charge is 0.255 e. The van der Waals surface area contributed by atoms with Crippen LogP contribution in [0.2, 0.25) is 0 Å². The SMILES string of the molecule is O=C(NCc1nnc2ccccn12)c1cn(-c2ccccc2)nc1-c1ccc(F)cc1. The standard InChI is InChI=1S/C23H17FN6O/c24-17-11-9-16(10-12-17)22-19(15-30(28-22)18-6-2-1-3-7-18)23(31)25-14-21-27-26-20-8-4-5-13-29(20)21/h1-13,15H,14H2,(H,25,31). The topological polar surface area (TPSA) is 77.1 Å². The first kappa shape index (κ1) is 18.7. The number of nitrogens with zero attached hydrogens (tertiary/aromatic N) is 5. The van der Waals surface area contributed by atoms with Crippen molar-refractivity contribution < 1.29 is 9.18 Å². The van der Waals surface area contributed by atoms with Gasteiger partial charge in [0.15, 0.2) is 11.5 Å². The largest absolute Gasteiger partial charge is 0.345 e. The number of aromatic nitrogens is 5. The van der Waals surface area contributed by atoms with E-state index in [0.29, 0.717) is 28.3 Å². The van der Waals surface area contributed by atoms with Gasteiger partial charge in [0, 0.05) is 18.0 Å². The molecule has 0 aliphatic carbocycles. The van der Waals surface area contributed by atoms with Crippen LogP contribution in [0.25, 0.3) is 22.6 Å². The van der Waals surface area contributed by atoms with Crippen LogP contribution in [0.4, 0.5) is 4.39 Å². The fraction of sp³-hybridized carbons (Fsp3) is 0.0435. The van der Waals surface area contributed by atoms with E-state index in [2.05, 4.69) is 20.6 Å². The average molecular weight is 412 g/mol. The second kappa shape index (κ2) is 7.83. The van der Waals surface area contributed by atoms with Crippen LogP contribution in [0.3, 0.4) is 0 Å².